The number of carbonyl (C=O) groups is 3. The fraction of sp³-hybridized carbons (Fsp3) is 0.824. The monoisotopic (exact) mass is 405 g/mol. The Kier molecular flexibility index (Phi) is 14.9. The molecule has 0 aromatic carbocycles. The molecule has 2 amide bonds. The van der Waals surface area contributed by atoms with E-state index in [0.29, 0.717) is 51.6 Å². The van der Waals surface area contributed by atoms with E-state index in [1.165, 1.54) is 0 Å². The summed E-state index contributed by atoms with van der Waals surface area (Å²) in [7, 11) is 0. The van der Waals surface area contributed by atoms with Gasteiger partial charge in [-0.15, -0.1) is 0 Å². The second-order valence-electron chi connectivity index (χ2n) is 6.42. The number of carboxylic acid groups (broad SMARTS) is 1. The Balaban J connectivity index is 4.88. The highest BCUT2D eigenvalue weighted by Crippen LogP contribution is 2.06. The molecule has 10 heteroatoms. The summed E-state index contributed by atoms with van der Waals surface area (Å²) in [6.07, 6.45) is 5.70. The molecule has 3 unspecified atom stereocenters. The van der Waals surface area contributed by atoms with Crippen LogP contribution in [0.25, 0.3) is 0 Å². The number of amides is 2. The largest absolute Gasteiger partial charge is 0.480 e. The Morgan fingerprint density at radius 3 is 1.89 bits per heavy atom. The molecule has 27 heavy (non-hydrogen) atoms. The zero-order valence-corrected chi connectivity index (χ0v) is 16.9. The number of thioether (sulfide) groups is 1. The van der Waals surface area contributed by atoms with Crippen LogP contribution in [0.3, 0.4) is 0 Å². The van der Waals surface area contributed by atoms with Gasteiger partial charge in [-0.2, -0.15) is 11.8 Å². The van der Waals surface area contributed by atoms with Crippen LogP contribution < -0.4 is 27.8 Å². The third-order valence-corrected chi connectivity index (χ3v) is 4.76. The first-order valence-corrected chi connectivity index (χ1v) is 10.7. The molecule has 0 bridgehead atoms. The van der Waals surface area contributed by atoms with E-state index >= 15 is 0 Å². The van der Waals surface area contributed by atoms with Gasteiger partial charge in [0, 0.05) is 0 Å². The van der Waals surface area contributed by atoms with Gasteiger partial charge in [0.25, 0.3) is 0 Å². The van der Waals surface area contributed by atoms with Gasteiger partial charge in [-0.25, -0.2) is 4.79 Å². The molecule has 9 nitrogen and oxygen atoms in total. The van der Waals surface area contributed by atoms with E-state index in [1.807, 2.05) is 6.26 Å². The third-order valence-electron chi connectivity index (χ3n) is 4.11. The van der Waals surface area contributed by atoms with Crippen LogP contribution in [0.5, 0.6) is 0 Å². The molecule has 0 aliphatic rings. The molecule has 0 aliphatic carbocycles. The number of nitrogens with two attached hydrogens (primary N) is 3. The quantitative estimate of drug-likeness (QED) is 0.184. The Labute approximate surface area is 165 Å². The third kappa shape index (κ3) is 11.9. The fourth-order valence-corrected chi connectivity index (χ4v) is 2.93. The predicted octanol–water partition coefficient (Wildman–Crippen LogP) is -0.621. The van der Waals surface area contributed by atoms with Gasteiger partial charge in [-0.3, -0.25) is 9.59 Å². The summed E-state index contributed by atoms with van der Waals surface area (Å²) < 4.78 is 0. The zero-order chi connectivity index (χ0) is 20.7. The summed E-state index contributed by atoms with van der Waals surface area (Å²) in [5, 5.41) is 14.5. The number of nitrogens with one attached hydrogen (secondary N) is 2. The Morgan fingerprint density at radius 1 is 0.889 bits per heavy atom. The van der Waals surface area contributed by atoms with Crippen molar-refractivity contribution in [2.75, 3.05) is 25.1 Å². The second-order valence-corrected chi connectivity index (χ2v) is 7.40. The van der Waals surface area contributed by atoms with Gasteiger partial charge in [-0.05, 0) is 70.0 Å². The van der Waals surface area contributed by atoms with Crippen LogP contribution in [-0.4, -0.2) is 66.1 Å². The summed E-state index contributed by atoms with van der Waals surface area (Å²) in [6.45, 7) is 0.943. The molecule has 0 rings (SSSR count). The number of hydrogen-bond acceptors (Lipinski definition) is 7. The smallest absolute Gasteiger partial charge is 0.326 e. The fourth-order valence-electron chi connectivity index (χ4n) is 2.44. The maximum atomic E-state index is 12.6. The van der Waals surface area contributed by atoms with Crippen LogP contribution in [0, 0.1) is 0 Å². The maximum absolute atomic E-state index is 12.6. The number of aliphatic carboxylic acids is 1. The van der Waals surface area contributed by atoms with Gasteiger partial charge in [0.05, 0.1) is 6.04 Å². The Bertz CT molecular complexity index is 453. The van der Waals surface area contributed by atoms with E-state index in [1.54, 1.807) is 11.8 Å². The summed E-state index contributed by atoms with van der Waals surface area (Å²) in [5.74, 6) is -1.30. The van der Waals surface area contributed by atoms with E-state index in [0.717, 1.165) is 5.75 Å². The number of rotatable bonds is 16. The average Bonchev–Trinajstić information content (AvgIpc) is 2.64. The average molecular weight is 406 g/mol. The van der Waals surface area contributed by atoms with Crippen molar-refractivity contribution < 1.29 is 19.5 Å². The molecule has 0 aromatic heterocycles. The first-order valence-electron chi connectivity index (χ1n) is 9.35. The van der Waals surface area contributed by atoms with Gasteiger partial charge in [0.15, 0.2) is 0 Å². The summed E-state index contributed by atoms with van der Waals surface area (Å²) in [4.78, 5) is 36.2. The van der Waals surface area contributed by atoms with Crippen LogP contribution in [0.1, 0.15) is 44.9 Å². The highest BCUT2D eigenvalue weighted by atomic mass is 32.2. The van der Waals surface area contributed by atoms with Crippen molar-refractivity contribution in [2.24, 2.45) is 17.2 Å². The van der Waals surface area contributed by atoms with Crippen molar-refractivity contribution in [3.63, 3.8) is 0 Å². The molecule has 0 saturated heterocycles. The van der Waals surface area contributed by atoms with Crippen molar-refractivity contribution in [3.05, 3.63) is 0 Å². The minimum Gasteiger partial charge on any atom is -0.480 e. The Morgan fingerprint density at radius 2 is 1.41 bits per heavy atom. The van der Waals surface area contributed by atoms with E-state index in [2.05, 4.69) is 10.6 Å². The molecule has 0 saturated carbocycles. The highest BCUT2D eigenvalue weighted by Gasteiger charge is 2.27. The lowest BCUT2D eigenvalue weighted by Gasteiger charge is -2.23. The minimum absolute atomic E-state index is 0.287. The lowest BCUT2D eigenvalue weighted by molar-refractivity contribution is -0.142. The maximum Gasteiger partial charge on any atom is 0.326 e. The predicted molar refractivity (Wildman–Crippen MR) is 108 cm³/mol. The minimum atomic E-state index is -1.11. The van der Waals surface area contributed by atoms with Gasteiger partial charge >= 0.3 is 5.97 Å². The summed E-state index contributed by atoms with van der Waals surface area (Å²) in [5.41, 5.74) is 16.8. The lowest BCUT2D eigenvalue weighted by Crippen LogP contribution is -2.54. The van der Waals surface area contributed by atoms with Crippen molar-refractivity contribution in [1.29, 1.82) is 0 Å². The molecule has 0 radical (unpaired) electrons. The van der Waals surface area contributed by atoms with E-state index in [4.69, 9.17) is 17.2 Å². The van der Waals surface area contributed by atoms with Gasteiger partial charge in [-0.1, -0.05) is 0 Å². The molecular weight excluding hydrogens is 370 g/mol. The molecule has 9 N–H and O–H groups in total. The van der Waals surface area contributed by atoms with Crippen molar-refractivity contribution >= 4 is 29.5 Å². The van der Waals surface area contributed by atoms with Crippen LogP contribution in [0.2, 0.25) is 0 Å². The van der Waals surface area contributed by atoms with Crippen molar-refractivity contribution in [2.45, 2.75) is 63.1 Å². The lowest BCUT2D eigenvalue weighted by atomic mass is 10.1. The van der Waals surface area contributed by atoms with Crippen LogP contribution in [0.15, 0.2) is 0 Å². The summed E-state index contributed by atoms with van der Waals surface area (Å²) in [6, 6.07) is -2.55. The van der Waals surface area contributed by atoms with Crippen molar-refractivity contribution in [1.82, 2.24) is 10.6 Å². The molecule has 0 spiro atoms. The molecular formula is C17H35N5O4S. The topological polar surface area (TPSA) is 174 Å². The number of carbonyl (C=O) groups excluding carboxylic acids is 2. The second kappa shape index (κ2) is 15.7. The molecule has 0 aliphatic heterocycles. The zero-order valence-electron chi connectivity index (χ0n) is 16.1. The standard InChI is InChI=1S/C17H35N5O4S/c1-27-11-8-12(20)15(23)21-13(6-2-4-9-18)16(24)22-14(17(25)26)7-3-5-10-19/h12-14H,2-11,18-20H2,1H3,(H,21,23)(H,22,24)(H,25,26). The highest BCUT2D eigenvalue weighted by molar-refractivity contribution is 7.98. The first kappa shape index (κ1) is 25.6. The molecule has 0 fully saturated rings. The number of hydrogen-bond donors (Lipinski definition) is 6. The SMILES string of the molecule is CSCCC(N)C(=O)NC(CCCCN)C(=O)NC(CCCCN)C(=O)O. The van der Waals surface area contributed by atoms with E-state index < -0.39 is 35.9 Å². The van der Waals surface area contributed by atoms with Gasteiger partial charge in [0.1, 0.15) is 12.1 Å². The van der Waals surface area contributed by atoms with Crippen LogP contribution in [-0.2, 0) is 14.4 Å². The normalized spacial score (nSPS) is 14.2. The van der Waals surface area contributed by atoms with Gasteiger partial charge < -0.3 is 32.9 Å². The summed E-state index contributed by atoms with van der Waals surface area (Å²) >= 11 is 1.58. The molecule has 0 aromatic rings. The van der Waals surface area contributed by atoms with Crippen molar-refractivity contribution in [3.8, 4) is 0 Å². The Hall–Kier alpha value is -1.36. The van der Waals surface area contributed by atoms with E-state index in [9.17, 15) is 19.5 Å². The first-order chi connectivity index (χ1) is 12.9. The molecule has 3 atom stereocenters. The molecule has 158 valence electrons. The van der Waals surface area contributed by atoms with Gasteiger partial charge in [0.2, 0.25) is 11.8 Å². The number of carboxylic acids is 1. The van der Waals surface area contributed by atoms with Crippen LogP contribution >= 0.6 is 11.8 Å². The van der Waals surface area contributed by atoms with Crippen LogP contribution in [0.4, 0.5) is 0 Å². The number of unbranched alkanes of at least 4 members (excludes halogenated alkanes) is 2. The molecule has 0 heterocycles. The van der Waals surface area contributed by atoms with E-state index in [-0.39, 0.29) is 6.42 Å².